The Hall–Kier alpha value is -1.76. The van der Waals surface area contributed by atoms with Crippen LogP contribution in [-0.4, -0.2) is 23.5 Å². The largest absolute Gasteiger partial charge is 0.573 e. The van der Waals surface area contributed by atoms with Crippen molar-refractivity contribution in [3.05, 3.63) is 29.8 Å². The Morgan fingerprint density at radius 3 is 2.67 bits per heavy atom. The van der Waals surface area contributed by atoms with E-state index in [1.54, 1.807) is 6.07 Å². The third kappa shape index (κ3) is 5.05. The van der Waals surface area contributed by atoms with Gasteiger partial charge in [-0.2, -0.15) is 0 Å². The number of aryl methyl sites for hydroxylation is 1. The summed E-state index contributed by atoms with van der Waals surface area (Å²) < 4.78 is 39.7. The number of carboxylic acids is 1. The maximum Gasteiger partial charge on any atom is 0.573 e. The summed E-state index contributed by atoms with van der Waals surface area (Å²) in [5.41, 5.74) is 5.83. The SMILES string of the molecule is N[C@H](CCc1cccc(OC(F)(F)F)c1)C(=O)O. The Morgan fingerprint density at radius 1 is 1.44 bits per heavy atom. The molecule has 1 rings (SSSR count). The molecule has 0 bridgehead atoms. The molecule has 0 unspecified atom stereocenters. The lowest BCUT2D eigenvalue weighted by Gasteiger charge is -2.10. The number of aliphatic carboxylic acids is 1. The standard InChI is InChI=1S/C11H12F3NO3/c12-11(13,14)18-8-3-1-2-7(6-8)4-5-9(15)10(16)17/h1-3,6,9H,4-5,15H2,(H,16,17)/t9-/m1/s1. The normalized spacial score (nSPS) is 13.1. The van der Waals surface area contributed by atoms with E-state index in [1.807, 2.05) is 0 Å². The molecule has 0 heterocycles. The second-order valence-corrected chi connectivity index (χ2v) is 3.68. The van der Waals surface area contributed by atoms with E-state index in [1.165, 1.54) is 18.2 Å². The number of rotatable bonds is 5. The molecule has 0 aromatic heterocycles. The van der Waals surface area contributed by atoms with Gasteiger partial charge in [-0.05, 0) is 30.5 Å². The fraction of sp³-hybridized carbons (Fsp3) is 0.364. The Morgan fingerprint density at radius 2 is 2.11 bits per heavy atom. The fourth-order valence-corrected chi connectivity index (χ4v) is 1.34. The highest BCUT2D eigenvalue weighted by molar-refractivity contribution is 5.73. The van der Waals surface area contributed by atoms with Crippen molar-refractivity contribution >= 4 is 5.97 Å². The fourth-order valence-electron chi connectivity index (χ4n) is 1.34. The maximum atomic E-state index is 12.0. The minimum Gasteiger partial charge on any atom is -0.480 e. The Balaban J connectivity index is 2.62. The third-order valence-electron chi connectivity index (χ3n) is 2.19. The molecule has 18 heavy (non-hydrogen) atoms. The topological polar surface area (TPSA) is 72.5 Å². The molecule has 3 N–H and O–H groups in total. The molecule has 0 amide bonds. The molecule has 4 nitrogen and oxygen atoms in total. The number of ether oxygens (including phenoxy) is 1. The quantitative estimate of drug-likeness (QED) is 0.851. The van der Waals surface area contributed by atoms with Gasteiger partial charge in [0.1, 0.15) is 11.8 Å². The highest BCUT2D eigenvalue weighted by atomic mass is 19.4. The predicted molar refractivity (Wildman–Crippen MR) is 57.1 cm³/mol. The molecule has 0 aliphatic heterocycles. The van der Waals surface area contributed by atoms with E-state index < -0.39 is 18.4 Å². The molecule has 0 saturated heterocycles. The van der Waals surface area contributed by atoms with Crippen LogP contribution in [0.2, 0.25) is 0 Å². The molecule has 0 spiro atoms. The van der Waals surface area contributed by atoms with E-state index in [0.29, 0.717) is 5.56 Å². The van der Waals surface area contributed by atoms with Gasteiger partial charge in [0.2, 0.25) is 0 Å². The average Bonchev–Trinajstić information content (AvgIpc) is 2.23. The van der Waals surface area contributed by atoms with Crippen molar-refractivity contribution in [3.63, 3.8) is 0 Å². The summed E-state index contributed by atoms with van der Waals surface area (Å²) in [5, 5.41) is 8.57. The van der Waals surface area contributed by atoms with Gasteiger partial charge < -0.3 is 15.6 Å². The van der Waals surface area contributed by atoms with Gasteiger partial charge in [0.05, 0.1) is 0 Å². The van der Waals surface area contributed by atoms with Crippen molar-refractivity contribution in [1.29, 1.82) is 0 Å². The second-order valence-electron chi connectivity index (χ2n) is 3.68. The van der Waals surface area contributed by atoms with Crippen LogP contribution < -0.4 is 10.5 Å². The van der Waals surface area contributed by atoms with Crippen LogP contribution in [0, 0.1) is 0 Å². The number of hydrogen-bond acceptors (Lipinski definition) is 3. The van der Waals surface area contributed by atoms with Gasteiger partial charge in [0.25, 0.3) is 0 Å². The zero-order chi connectivity index (χ0) is 13.8. The summed E-state index contributed by atoms with van der Waals surface area (Å²) in [6.07, 6.45) is -4.33. The first-order valence-corrected chi connectivity index (χ1v) is 5.11. The summed E-state index contributed by atoms with van der Waals surface area (Å²) in [6, 6.07) is 4.34. The molecule has 1 atom stereocenters. The van der Waals surface area contributed by atoms with Gasteiger partial charge in [-0.1, -0.05) is 12.1 Å². The van der Waals surface area contributed by atoms with Crippen molar-refractivity contribution in [2.75, 3.05) is 0 Å². The van der Waals surface area contributed by atoms with E-state index in [-0.39, 0.29) is 18.6 Å². The van der Waals surface area contributed by atoms with Gasteiger partial charge >= 0.3 is 12.3 Å². The number of carbonyl (C=O) groups is 1. The third-order valence-corrected chi connectivity index (χ3v) is 2.19. The lowest BCUT2D eigenvalue weighted by molar-refractivity contribution is -0.274. The van der Waals surface area contributed by atoms with Gasteiger partial charge in [0.15, 0.2) is 0 Å². The van der Waals surface area contributed by atoms with E-state index >= 15 is 0 Å². The van der Waals surface area contributed by atoms with Crippen LogP contribution >= 0.6 is 0 Å². The monoisotopic (exact) mass is 263 g/mol. The van der Waals surface area contributed by atoms with Crippen LogP contribution in [-0.2, 0) is 11.2 Å². The Kier molecular flexibility index (Phi) is 4.55. The second kappa shape index (κ2) is 5.72. The highest BCUT2D eigenvalue weighted by Crippen LogP contribution is 2.23. The van der Waals surface area contributed by atoms with Crippen LogP contribution in [0.1, 0.15) is 12.0 Å². The Bertz CT molecular complexity index is 420. The molecular weight excluding hydrogens is 251 g/mol. The van der Waals surface area contributed by atoms with E-state index in [0.717, 1.165) is 0 Å². The summed E-state index contributed by atoms with van der Waals surface area (Å²) >= 11 is 0. The maximum absolute atomic E-state index is 12.0. The van der Waals surface area contributed by atoms with Gasteiger partial charge in [-0.25, -0.2) is 0 Å². The summed E-state index contributed by atoms with van der Waals surface area (Å²) in [7, 11) is 0. The Labute approximate surface area is 101 Å². The number of alkyl halides is 3. The average molecular weight is 263 g/mol. The van der Waals surface area contributed by atoms with Crippen molar-refractivity contribution in [2.24, 2.45) is 5.73 Å². The molecule has 0 fully saturated rings. The predicted octanol–water partition coefficient (Wildman–Crippen LogP) is 1.93. The number of halogens is 3. The van der Waals surface area contributed by atoms with E-state index in [2.05, 4.69) is 4.74 Å². The zero-order valence-electron chi connectivity index (χ0n) is 9.28. The molecule has 100 valence electrons. The van der Waals surface area contributed by atoms with Crippen LogP contribution in [0.15, 0.2) is 24.3 Å². The first-order chi connectivity index (χ1) is 8.28. The summed E-state index contributed by atoms with van der Waals surface area (Å²) in [4.78, 5) is 10.5. The summed E-state index contributed by atoms with van der Waals surface area (Å²) in [5.74, 6) is -1.47. The molecule has 0 aliphatic rings. The van der Waals surface area contributed by atoms with Crippen molar-refractivity contribution in [3.8, 4) is 5.75 Å². The lowest BCUT2D eigenvalue weighted by Crippen LogP contribution is -2.30. The first-order valence-electron chi connectivity index (χ1n) is 5.11. The van der Waals surface area contributed by atoms with Gasteiger partial charge in [-0.3, -0.25) is 4.79 Å². The molecule has 0 radical (unpaired) electrons. The van der Waals surface area contributed by atoms with Crippen LogP contribution in [0.5, 0.6) is 5.75 Å². The van der Waals surface area contributed by atoms with Crippen molar-refractivity contribution in [1.82, 2.24) is 0 Å². The van der Waals surface area contributed by atoms with Gasteiger partial charge in [-0.15, -0.1) is 13.2 Å². The minimum absolute atomic E-state index is 0.144. The smallest absolute Gasteiger partial charge is 0.480 e. The molecule has 0 aliphatic carbocycles. The molecule has 1 aromatic carbocycles. The zero-order valence-corrected chi connectivity index (χ0v) is 9.28. The highest BCUT2D eigenvalue weighted by Gasteiger charge is 2.31. The van der Waals surface area contributed by atoms with Crippen LogP contribution in [0.4, 0.5) is 13.2 Å². The molecule has 0 saturated carbocycles. The minimum atomic E-state index is -4.74. The molecule has 1 aromatic rings. The molecular formula is C11H12F3NO3. The number of carboxylic acid groups (broad SMARTS) is 1. The van der Waals surface area contributed by atoms with E-state index in [4.69, 9.17) is 10.8 Å². The molecule has 7 heteroatoms. The van der Waals surface area contributed by atoms with E-state index in [9.17, 15) is 18.0 Å². The van der Waals surface area contributed by atoms with Crippen molar-refractivity contribution in [2.45, 2.75) is 25.2 Å². The van der Waals surface area contributed by atoms with Crippen LogP contribution in [0.25, 0.3) is 0 Å². The lowest BCUT2D eigenvalue weighted by atomic mass is 10.1. The number of benzene rings is 1. The van der Waals surface area contributed by atoms with Crippen molar-refractivity contribution < 1.29 is 27.8 Å². The van der Waals surface area contributed by atoms with Gasteiger partial charge in [0, 0.05) is 0 Å². The number of hydrogen-bond donors (Lipinski definition) is 2. The van der Waals surface area contributed by atoms with Crippen LogP contribution in [0.3, 0.4) is 0 Å². The first kappa shape index (κ1) is 14.3. The number of nitrogens with two attached hydrogens (primary N) is 1. The summed E-state index contributed by atoms with van der Waals surface area (Å²) in [6.45, 7) is 0.